The first-order valence-electron chi connectivity index (χ1n) is 17.6. The molecule has 0 spiro atoms. The van der Waals surface area contributed by atoms with Crippen LogP contribution in [0.3, 0.4) is 0 Å². The summed E-state index contributed by atoms with van der Waals surface area (Å²) in [6.45, 7) is 4.05. The van der Waals surface area contributed by atoms with E-state index in [0.717, 1.165) is 50.0 Å². The molecular weight excluding hydrogens is 589 g/mol. The molecule has 0 fully saturated rings. The molecule has 3 heterocycles. The number of rotatable bonds is 7. The normalized spacial score (nSPS) is 12.9. The molecule has 0 N–H and O–H groups in total. The summed E-state index contributed by atoms with van der Waals surface area (Å²) in [5.74, 6) is 2.09. The zero-order valence-corrected chi connectivity index (χ0v) is 27.1. The minimum Gasteiger partial charge on any atom is -0.457 e. The van der Waals surface area contributed by atoms with Gasteiger partial charge in [0.05, 0.1) is 22.4 Å². The number of nitrogens with zero attached hydrogens (tertiary/aromatic N) is 4. The van der Waals surface area contributed by atoms with E-state index in [2.05, 4.69) is 115 Å². The predicted molar refractivity (Wildman–Crippen MR) is 196 cm³/mol. The number of benzene rings is 5. The minimum atomic E-state index is -2.29. The van der Waals surface area contributed by atoms with Gasteiger partial charge in [-0.05, 0) is 90.6 Å². The summed E-state index contributed by atoms with van der Waals surface area (Å²) in [5, 5.41) is 6.58. The Balaban J connectivity index is 1.25. The summed E-state index contributed by atoms with van der Waals surface area (Å²) >= 11 is 0. The fraction of sp³-hybridized carbons (Fsp3) is 0.116. The quantitative estimate of drug-likeness (QED) is 0.177. The van der Waals surface area contributed by atoms with Crippen LogP contribution < -0.4 is 4.74 Å². The van der Waals surface area contributed by atoms with Gasteiger partial charge < -0.3 is 4.74 Å². The molecule has 0 unspecified atom stereocenters. The first-order chi connectivity index (χ1) is 24.6. The Bertz CT molecular complexity index is 2530. The number of hydrogen-bond donors (Lipinski definition) is 0. The zero-order valence-electron chi connectivity index (χ0n) is 30.1. The molecule has 5 aromatic carbocycles. The third-order valence-electron chi connectivity index (χ3n) is 9.22. The molecule has 0 atom stereocenters. The van der Waals surface area contributed by atoms with Gasteiger partial charge in [0.25, 0.3) is 0 Å². The van der Waals surface area contributed by atoms with Crippen LogP contribution in [0.5, 0.6) is 11.5 Å². The molecule has 0 amide bonds. The van der Waals surface area contributed by atoms with Crippen LogP contribution in [0.2, 0.25) is 0 Å². The number of pyridine rings is 1. The topological polar surface area (TPSA) is 44.9 Å². The third-order valence-corrected chi connectivity index (χ3v) is 9.22. The van der Waals surface area contributed by atoms with E-state index < -0.39 is 6.85 Å². The van der Waals surface area contributed by atoms with Crippen molar-refractivity contribution in [1.82, 2.24) is 19.3 Å². The Morgan fingerprint density at radius 1 is 0.646 bits per heavy atom. The monoisotopic (exact) mass is 627 g/mol. The van der Waals surface area contributed by atoms with Crippen molar-refractivity contribution < 1.29 is 8.85 Å². The van der Waals surface area contributed by atoms with Gasteiger partial charge in [0, 0.05) is 44.3 Å². The largest absolute Gasteiger partial charge is 0.457 e. The lowest BCUT2D eigenvalue weighted by atomic mass is 9.78. The van der Waals surface area contributed by atoms with E-state index in [1.165, 1.54) is 5.56 Å². The van der Waals surface area contributed by atoms with Crippen LogP contribution in [-0.2, 0) is 5.41 Å². The number of aromatic nitrogens is 4. The van der Waals surface area contributed by atoms with E-state index >= 15 is 0 Å². The van der Waals surface area contributed by atoms with Gasteiger partial charge in [-0.15, -0.1) is 0 Å². The van der Waals surface area contributed by atoms with E-state index in [0.29, 0.717) is 17.2 Å². The zero-order chi connectivity index (χ0) is 35.3. The van der Waals surface area contributed by atoms with E-state index in [1.54, 1.807) is 10.7 Å². The van der Waals surface area contributed by atoms with Crippen molar-refractivity contribution in [3.8, 4) is 34.1 Å². The molecule has 0 radical (unpaired) electrons. The van der Waals surface area contributed by atoms with Gasteiger partial charge in [-0.3, -0.25) is 4.57 Å². The van der Waals surface area contributed by atoms with Crippen molar-refractivity contribution in [1.29, 1.82) is 0 Å². The summed E-state index contributed by atoms with van der Waals surface area (Å²) in [6.07, 6.45) is 1.89. The Morgan fingerprint density at radius 3 is 2.23 bits per heavy atom. The lowest BCUT2D eigenvalue weighted by Gasteiger charge is -2.26. The van der Waals surface area contributed by atoms with Gasteiger partial charge in [-0.1, -0.05) is 86.6 Å². The maximum absolute atomic E-state index is 7.79. The van der Waals surface area contributed by atoms with E-state index in [-0.39, 0.29) is 11.1 Å². The molecule has 3 aromatic heterocycles. The number of aryl methyl sites for hydroxylation is 2. The smallest absolute Gasteiger partial charge is 0.137 e. The number of hydrogen-bond acceptors (Lipinski definition) is 3. The molecule has 5 nitrogen and oxygen atoms in total. The molecule has 0 saturated carbocycles. The molecule has 0 aliphatic carbocycles. The van der Waals surface area contributed by atoms with Gasteiger partial charge in [-0.2, -0.15) is 5.10 Å². The van der Waals surface area contributed by atoms with Crippen LogP contribution in [0.1, 0.15) is 40.5 Å². The Kier molecular flexibility index (Phi) is 6.38. The van der Waals surface area contributed by atoms with Crippen LogP contribution in [0, 0.1) is 13.8 Å². The SMILES string of the molecule is [2H]C([2H])([2H])c1cc(C)n(-c2cccc(Oc3ccc4c5cc(-c6ccccc6)ccc5n(-c5cc(C(C)(C)c6ccccc6)ccn5)c4c3)c2)n1. The predicted octanol–water partition coefficient (Wildman–Crippen LogP) is 10.8. The van der Waals surface area contributed by atoms with Crippen molar-refractivity contribution in [3.05, 3.63) is 168 Å². The maximum Gasteiger partial charge on any atom is 0.137 e. The molecular formula is C43H36N4O. The van der Waals surface area contributed by atoms with Crippen LogP contribution in [0.25, 0.3) is 44.4 Å². The highest BCUT2D eigenvalue weighted by molar-refractivity contribution is 6.10. The van der Waals surface area contributed by atoms with Gasteiger partial charge in [0.15, 0.2) is 0 Å². The number of fused-ring (bicyclic) bond motifs is 3. The first kappa shape index (κ1) is 26.2. The lowest BCUT2D eigenvalue weighted by molar-refractivity contribution is 0.482. The average Bonchev–Trinajstić information content (AvgIpc) is 3.70. The standard InChI is InChI=1S/C43H36N4O/c1-29-24-30(2)47(45-29)35-16-11-17-36(27-35)48-37-19-20-38-39-25-32(31-12-7-5-8-13-31)18-21-40(39)46(41(38)28-37)42-26-34(22-23-44-42)43(3,4)33-14-9-6-10-15-33/h5-28H,1-4H3/i1D3. The Labute approximate surface area is 284 Å². The van der Waals surface area contributed by atoms with Crippen LogP contribution >= 0.6 is 0 Å². The Morgan fingerprint density at radius 2 is 1.44 bits per heavy atom. The van der Waals surface area contributed by atoms with Crippen LogP contribution in [0.4, 0.5) is 0 Å². The minimum absolute atomic E-state index is 0.0601. The molecule has 0 aliphatic heterocycles. The second-order valence-electron chi connectivity index (χ2n) is 12.7. The van der Waals surface area contributed by atoms with Crippen molar-refractivity contribution in [2.45, 2.75) is 33.0 Å². The van der Waals surface area contributed by atoms with E-state index in [1.807, 2.05) is 55.6 Å². The van der Waals surface area contributed by atoms with Gasteiger partial charge in [-0.25, -0.2) is 9.67 Å². The van der Waals surface area contributed by atoms with Crippen LogP contribution in [0.15, 0.2) is 146 Å². The average molecular weight is 628 g/mol. The summed E-state index contributed by atoms with van der Waals surface area (Å²) in [6, 6.07) is 47.1. The third kappa shape index (κ3) is 5.23. The molecule has 0 saturated heterocycles. The number of ether oxygens (including phenoxy) is 1. The molecule has 8 rings (SSSR count). The molecule has 0 bridgehead atoms. The van der Waals surface area contributed by atoms with Gasteiger partial charge in [0.2, 0.25) is 0 Å². The fourth-order valence-corrected chi connectivity index (χ4v) is 6.62. The first-order valence-corrected chi connectivity index (χ1v) is 16.1. The molecule has 48 heavy (non-hydrogen) atoms. The summed E-state index contributed by atoms with van der Waals surface area (Å²) in [7, 11) is 0. The summed E-state index contributed by atoms with van der Waals surface area (Å²) in [5.41, 5.74) is 7.96. The van der Waals surface area contributed by atoms with Crippen molar-refractivity contribution in [2.75, 3.05) is 0 Å². The van der Waals surface area contributed by atoms with Crippen molar-refractivity contribution in [2.24, 2.45) is 0 Å². The highest BCUT2D eigenvalue weighted by Gasteiger charge is 2.24. The highest BCUT2D eigenvalue weighted by Crippen LogP contribution is 2.39. The van der Waals surface area contributed by atoms with Crippen molar-refractivity contribution >= 4 is 21.8 Å². The van der Waals surface area contributed by atoms with Crippen LogP contribution in [-0.4, -0.2) is 19.3 Å². The van der Waals surface area contributed by atoms with Gasteiger partial charge >= 0.3 is 0 Å². The highest BCUT2D eigenvalue weighted by atomic mass is 16.5. The molecule has 8 aromatic rings. The second-order valence-corrected chi connectivity index (χ2v) is 12.7. The van der Waals surface area contributed by atoms with Gasteiger partial charge in [0.1, 0.15) is 17.3 Å². The summed E-state index contributed by atoms with van der Waals surface area (Å²) in [4.78, 5) is 4.93. The van der Waals surface area contributed by atoms with E-state index in [4.69, 9.17) is 13.8 Å². The maximum atomic E-state index is 7.79. The Hall–Kier alpha value is -5.94. The lowest BCUT2D eigenvalue weighted by Crippen LogP contribution is -2.19. The van der Waals surface area contributed by atoms with Crippen molar-refractivity contribution in [3.63, 3.8) is 0 Å². The molecule has 5 heteroatoms. The fourth-order valence-electron chi connectivity index (χ4n) is 6.62. The summed E-state index contributed by atoms with van der Waals surface area (Å²) < 4.78 is 33.7. The van der Waals surface area contributed by atoms with E-state index in [9.17, 15) is 0 Å². The molecule has 0 aliphatic rings. The molecule has 234 valence electrons. The second kappa shape index (κ2) is 11.7.